The summed E-state index contributed by atoms with van der Waals surface area (Å²) in [4.78, 5) is 11.8. The van der Waals surface area contributed by atoms with Crippen LogP contribution in [0.1, 0.15) is 29.8 Å². The number of ether oxygens (including phenoxy) is 1. The number of halogens is 1. The first-order valence-electron chi connectivity index (χ1n) is 6.83. The van der Waals surface area contributed by atoms with Gasteiger partial charge in [0.1, 0.15) is 12.4 Å². The second-order valence-electron chi connectivity index (χ2n) is 4.94. The third-order valence-corrected chi connectivity index (χ3v) is 3.34. The number of nitrogens with one attached hydrogen (secondary N) is 1. The van der Waals surface area contributed by atoms with Gasteiger partial charge in [-0.25, -0.2) is 5.43 Å². The van der Waals surface area contributed by atoms with E-state index in [9.17, 15) is 4.79 Å². The SMILES string of the molecule is CC(C)=NNC(=O)c1ccc(OCc2ccc(Br)cc2)cc1. The van der Waals surface area contributed by atoms with Gasteiger partial charge in [-0.1, -0.05) is 28.1 Å². The topological polar surface area (TPSA) is 50.7 Å². The van der Waals surface area contributed by atoms with Crippen LogP contribution in [0.25, 0.3) is 0 Å². The van der Waals surface area contributed by atoms with Crippen LogP contribution in [0, 0.1) is 0 Å². The molecule has 4 nitrogen and oxygen atoms in total. The first-order valence-corrected chi connectivity index (χ1v) is 7.62. The van der Waals surface area contributed by atoms with Gasteiger partial charge in [-0.15, -0.1) is 0 Å². The summed E-state index contributed by atoms with van der Waals surface area (Å²) in [7, 11) is 0. The molecule has 5 heteroatoms. The molecule has 0 saturated carbocycles. The van der Waals surface area contributed by atoms with Crippen LogP contribution in [0.15, 0.2) is 58.1 Å². The Bertz CT molecular complexity index is 660. The number of hydrazone groups is 1. The van der Waals surface area contributed by atoms with Crippen LogP contribution in [-0.2, 0) is 6.61 Å². The van der Waals surface area contributed by atoms with Crippen LogP contribution >= 0.6 is 15.9 Å². The predicted octanol–water partition coefficient (Wildman–Crippen LogP) is 4.15. The third kappa shape index (κ3) is 5.00. The molecule has 0 fully saturated rings. The average Bonchev–Trinajstić information content (AvgIpc) is 2.52. The number of rotatable bonds is 5. The van der Waals surface area contributed by atoms with E-state index in [4.69, 9.17) is 4.74 Å². The fourth-order valence-corrected chi connectivity index (χ4v) is 1.94. The van der Waals surface area contributed by atoms with Crippen molar-refractivity contribution in [3.63, 3.8) is 0 Å². The maximum absolute atomic E-state index is 11.8. The van der Waals surface area contributed by atoms with Crippen LogP contribution in [0.4, 0.5) is 0 Å². The van der Waals surface area contributed by atoms with E-state index < -0.39 is 0 Å². The smallest absolute Gasteiger partial charge is 0.271 e. The molecule has 0 aromatic heterocycles. The molecule has 0 saturated heterocycles. The van der Waals surface area contributed by atoms with Gasteiger partial charge in [0.25, 0.3) is 5.91 Å². The van der Waals surface area contributed by atoms with E-state index >= 15 is 0 Å². The zero-order valence-electron chi connectivity index (χ0n) is 12.5. The lowest BCUT2D eigenvalue weighted by molar-refractivity contribution is 0.0954. The molecule has 0 aliphatic rings. The fraction of sp³-hybridized carbons (Fsp3) is 0.176. The van der Waals surface area contributed by atoms with Crippen LogP contribution in [0.5, 0.6) is 5.75 Å². The van der Waals surface area contributed by atoms with Crippen molar-refractivity contribution in [1.82, 2.24) is 5.43 Å². The van der Waals surface area contributed by atoms with Gasteiger partial charge in [-0.3, -0.25) is 4.79 Å². The van der Waals surface area contributed by atoms with E-state index in [0.717, 1.165) is 21.5 Å². The maximum Gasteiger partial charge on any atom is 0.271 e. The molecular formula is C17H17BrN2O2. The van der Waals surface area contributed by atoms with Gasteiger partial charge in [-0.2, -0.15) is 5.10 Å². The maximum atomic E-state index is 11.8. The molecule has 0 unspecified atom stereocenters. The Morgan fingerprint density at radius 1 is 1.09 bits per heavy atom. The van der Waals surface area contributed by atoms with Crippen LogP contribution in [-0.4, -0.2) is 11.6 Å². The van der Waals surface area contributed by atoms with Crippen LogP contribution in [0.3, 0.4) is 0 Å². The summed E-state index contributed by atoms with van der Waals surface area (Å²) in [5.74, 6) is 0.482. The first-order chi connectivity index (χ1) is 10.5. The highest BCUT2D eigenvalue weighted by Gasteiger charge is 2.04. The van der Waals surface area contributed by atoms with Crippen molar-refractivity contribution in [3.8, 4) is 5.75 Å². The van der Waals surface area contributed by atoms with Crippen molar-refractivity contribution in [2.45, 2.75) is 20.5 Å². The lowest BCUT2D eigenvalue weighted by Crippen LogP contribution is -2.18. The van der Waals surface area contributed by atoms with E-state index in [1.165, 1.54) is 0 Å². The Kier molecular flexibility index (Phi) is 5.72. The fourth-order valence-electron chi connectivity index (χ4n) is 1.68. The molecule has 1 amide bonds. The molecule has 0 radical (unpaired) electrons. The van der Waals surface area contributed by atoms with Crippen molar-refractivity contribution in [2.75, 3.05) is 0 Å². The molecule has 2 aromatic rings. The van der Waals surface area contributed by atoms with Gasteiger partial charge in [0.05, 0.1) is 0 Å². The van der Waals surface area contributed by atoms with E-state index in [0.29, 0.717) is 12.2 Å². The number of nitrogens with zero attached hydrogens (tertiary/aromatic N) is 1. The van der Waals surface area contributed by atoms with Crippen LogP contribution in [0.2, 0.25) is 0 Å². The first kappa shape index (κ1) is 16.2. The number of hydrogen-bond acceptors (Lipinski definition) is 3. The van der Waals surface area contributed by atoms with Crippen LogP contribution < -0.4 is 10.2 Å². The van der Waals surface area contributed by atoms with Gasteiger partial charge in [0.2, 0.25) is 0 Å². The molecule has 0 aliphatic heterocycles. The van der Waals surface area contributed by atoms with Gasteiger partial charge < -0.3 is 4.74 Å². The molecule has 2 aromatic carbocycles. The molecule has 2 rings (SSSR count). The molecule has 0 heterocycles. The molecule has 0 spiro atoms. The Morgan fingerprint density at radius 3 is 2.32 bits per heavy atom. The molecule has 0 bridgehead atoms. The number of benzene rings is 2. The van der Waals surface area contributed by atoms with Gasteiger partial charge in [0.15, 0.2) is 0 Å². The average molecular weight is 361 g/mol. The lowest BCUT2D eigenvalue weighted by Gasteiger charge is -2.07. The highest BCUT2D eigenvalue weighted by Crippen LogP contribution is 2.16. The number of amides is 1. The Balaban J connectivity index is 1.92. The van der Waals surface area contributed by atoms with Crippen molar-refractivity contribution in [2.24, 2.45) is 5.10 Å². The monoisotopic (exact) mass is 360 g/mol. The predicted molar refractivity (Wildman–Crippen MR) is 91.2 cm³/mol. The third-order valence-electron chi connectivity index (χ3n) is 2.82. The van der Waals surface area contributed by atoms with Crippen molar-refractivity contribution in [1.29, 1.82) is 0 Å². The highest BCUT2D eigenvalue weighted by molar-refractivity contribution is 9.10. The summed E-state index contributed by atoms with van der Waals surface area (Å²) in [6, 6.07) is 14.9. The summed E-state index contributed by atoms with van der Waals surface area (Å²) in [5, 5.41) is 3.89. The van der Waals surface area contributed by atoms with Gasteiger partial charge in [0, 0.05) is 15.7 Å². The zero-order chi connectivity index (χ0) is 15.9. The van der Waals surface area contributed by atoms with E-state index in [1.807, 2.05) is 38.1 Å². The minimum absolute atomic E-state index is 0.236. The Morgan fingerprint density at radius 2 is 1.73 bits per heavy atom. The summed E-state index contributed by atoms with van der Waals surface area (Å²) in [6.45, 7) is 4.12. The highest BCUT2D eigenvalue weighted by atomic mass is 79.9. The van der Waals surface area contributed by atoms with Crippen molar-refractivity contribution < 1.29 is 9.53 Å². The minimum atomic E-state index is -0.236. The molecule has 114 valence electrons. The quantitative estimate of drug-likeness (QED) is 0.642. The second kappa shape index (κ2) is 7.75. The largest absolute Gasteiger partial charge is 0.489 e. The lowest BCUT2D eigenvalue weighted by atomic mass is 10.2. The molecular weight excluding hydrogens is 344 g/mol. The van der Waals surface area contributed by atoms with Gasteiger partial charge in [-0.05, 0) is 55.8 Å². The minimum Gasteiger partial charge on any atom is -0.489 e. The number of carbonyl (C=O) groups excluding carboxylic acids is 1. The summed E-state index contributed by atoms with van der Waals surface area (Å²) >= 11 is 3.40. The molecule has 0 atom stereocenters. The van der Waals surface area contributed by atoms with Gasteiger partial charge >= 0.3 is 0 Å². The van der Waals surface area contributed by atoms with E-state index in [2.05, 4.69) is 26.5 Å². The zero-order valence-corrected chi connectivity index (χ0v) is 14.1. The van der Waals surface area contributed by atoms with E-state index in [-0.39, 0.29) is 5.91 Å². The Labute approximate surface area is 138 Å². The molecule has 22 heavy (non-hydrogen) atoms. The Hall–Kier alpha value is -2.14. The van der Waals surface area contributed by atoms with Crippen molar-refractivity contribution in [3.05, 3.63) is 64.1 Å². The number of hydrogen-bond donors (Lipinski definition) is 1. The van der Waals surface area contributed by atoms with Crippen molar-refractivity contribution >= 4 is 27.5 Å². The number of carbonyl (C=O) groups is 1. The normalized spacial score (nSPS) is 9.95. The molecule has 0 aliphatic carbocycles. The standard InChI is InChI=1S/C17H17BrN2O2/c1-12(2)19-20-17(21)14-5-9-16(10-6-14)22-11-13-3-7-15(18)8-4-13/h3-10H,11H2,1-2H3,(H,20,21). The van der Waals surface area contributed by atoms with E-state index in [1.54, 1.807) is 24.3 Å². The summed E-state index contributed by atoms with van der Waals surface area (Å²) < 4.78 is 6.73. The second-order valence-corrected chi connectivity index (χ2v) is 5.86. The summed E-state index contributed by atoms with van der Waals surface area (Å²) in [5.41, 5.74) is 4.90. The summed E-state index contributed by atoms with van der Waals surface area (Å²) in [6.07, 6.45) is 0. The molecule has 1 N–H and O–H groups in total.